The highest BCUT2D eigenvalue weighted by Gasteiger charge is 2.03. The van der Waals surface area contributed by atoms with E-state index in [-0.39, 0.29) is 0 Å². The summed E-state index contributed by atoms with van der Waals surface area (Å²) in [6.45, 7) is 4.18. The van der Waals surface area contributed by atoms with Crippen molar-refractivity contribution in [2.24, 2.45) is 0 Å². The van der Waals surface area contributed by atoms with Gasteiger partial charge in [0, 0.05) is 28.7 Å². The van der Waals surface area contributed by atoms with Gasteiger partial charge >= 0.3 is 0 Å². The number of nitrogens with one attached hydrogen (secondary N) is 1. The molecule has 3 heteroatoms. The van der Waals surface area contributed by atoms with Crippen molar-refractivity contribution >= 4 is 11.8 Å². The molecule has 0 saturated carbocycles. The number of pyridine rings is 1. The molecule has 2 rings (SSSR count). The average Bonchev–Trinajstić information content (AvgIpc) is 2.42. The summed E-state index contributed by atoms with van der Waals surface area (Å²) in [6.07, 6.45) is 4.83. The van der Waals surface area contributed by atoms with E-state index in [2.05, 4.69) is 41.5 Å². The van der Waals surface area contributed by atoms with E-state index in [1.807, 2.05) is 24.5 Å². The molecule has 0 atom stereocenters. The first-order valence-electron chi connectivity index (χ1n) is 6.26. The predicted octanol–water partition coefficient (Wildman–Crippen LogP) is 3.73. The van der Waals surface area contributed by atoms with Crippen LogP contribution in [0.3, 0.4) is 0 Å². The molecule has 0 aliphatic rings. The molecular formula is C15H18N2S. The molecule has 1 N–H and O–H groups in total. The van der Waals surface area contributed by atoms with E-state index in [0.29, 0.717) is 0 Å². The number of hydrogen-bond donors (Lipinski definition) is 1. The first kappa shape index (κ1) is 13.1. The normalized spacial score (nSPS) is 10.5. The number of nitrogens with zero attached hydrogens (tertiary/aromatic N) is 1. The monoisotopic (exact) mass is 258 g/mol. The largest absolute Gasteiger partial charge is 0.313 e. The quantitative estimate of drug-likeness (QED) is 0.799. The molecule has 0 saturated heterocycles. The maximum atomic E-state index is 4.04. The van der Waals surface area contributed by atoms with E-state index in [1.165, 1.54) is 21.8 Å². The molecule has 0 aliphatic carbocycles. The highest BCUT2D eigenvalue weighted by atomic mass is 32.2. The van der Waals surface area contributed by atoms with Crippen molar-refractivity contribution in [1.29, 1.82) is 0 Å². The Labute approximate surface area is 113 Å². The van der Waals surface area contributed by atoms with Crippen molar-refractivity contribution in [2.45, 2.75) is 29.7 Å². The van der Waals surface area contributed by atoms with E-state index in [1.54, 1.807) is 11.8 Å². The number of hydrogen-bond acceptors (Lipinski definition) is 3. The summed E-state index contributed by atoms with van der Waals surface area (Å²) in [5.74, 6) is 0. The maximum absolute atomic E-state index is 4.04. The highest BCUT2D eigenvalue weighted by Crippen LogP contribution is 2.29. The SMILES string of the molecule is CCCNCc1ccccc1Sc1ccncc1. The summed E-state index contributed by atoms with van der Waals surface area (Å²) < 4.78 is 0. The van der Waals surface area contributed by atoms with Crippen molar-refractivity contribution < 1.29 is 0 Å². The highest BCUT2D eigenvalue weighted by molar-refractivity contribution is 7.99. The lowest BCUT2D eigenvalue weighted by Crippen LogP contribution is -2.14. The van der Waals surface area contributed by atoms with Crippen molar-refractivity contribution in [3.8, 4) is 0 Å². The molecule has 0 radical (unpaired) electrons. The topological polar surface area (TPSA) is 24.9 Å². The zero-order valence-corrected chi connectivity index (χ0v) is 11.4. The van der Waals surface area contributed by atoms with Crippen LogP contribution in [0.5, 0.6) is 0 Å². The fraction of sp³-hybridized carbons (Fsp3) is 0.267. The van der Waals surface area contributed by atoms with E-state index in [4.69, 9.17) is 0 Å². The van der Waals surface area contributed by atoms with Crippen LogP contribution < -0.4 is 5.32 Å². The minimum absolute atomic E-state index is 0.933. The van der Waals surface area contributed by atoms with Crippen LogP contribution in [0.4, 0.5) is 0 Å². The molecule has 0 aliphatic heterocycles. The van der Waals surface area contributed by atoms with Gasteiger partial charge in [-0.1, -0.05) is 36.9 Å². The molecule has 0 bridgehead atoms. The van der Waals surface area contributed by atoms with Crippen LogP contribution in [-0.4, -0.2) is 11.5 Å². The fourth-order valence-corrected chi connectivity index (χ4v) is 2.61. The lowest BCUT2D eigenvalue weighted by Gasteiger charge is -2.09. The Kier molecular flexibility index (Phi) is 5.24. The maximum Gasteiger partial charge on any atom is 0.0279 e. The molecule has 94 valence electrons. The average molecular weight is 258 g/mol. The predicted molar refractivity (Wildman–Crippen MR) is 76.8 cm³/mol. The smallest absolute Gasteiger partial charge is 0.0279 e. The molecule has 0 spiro atoms. The molecule has 0 fully saturated rings. The Bertz CT molecular complexity index is 471. The van der Waals surface area contributed by atoms with Crippen LogP contribution >= 0.6 is 11.8 Å². The fourth-order valence-electron chi connectivity index (χ4n) is 1.68. The van der Waals surface area contributed by atoms with Gasteiger partial charge in [-0.25, -0.2) is 0 Å². The standard InChI is InChI=1S/C15H18N2S/c1-2-9-17-12-13-5-3-4-6-15(13)18-14-7-10-16-11-8-14/h3-8,10-11,17H,2,9,12H2,1H3. The Morgan fingerprint density at radius 2 is 1.89 bits per heavy atom. The molecule has 1 aromatic heterocycles. The molecule has 0 unspecified atom stereocenters. The van der Waals surface area contributed by atoms with Gasteiger partial charge in [0.2, 0.25) is 0 Å². The minimum atomic E-state index is 0.933. The van der Waals surface area contributed by atoms with Crippen LogP contribution in [0.25, 0.3) is 0 Å². The van der Waals surface area contributed by atoms with E-state index in [0.717, 1.165) is 13.1 Å². The van der Waals surface area contributed by atoms with Gasteiger partial charge < -0.3 is 5.32 Å². The van der Waals surface area contributed by atoms with Crippen LogP contribution in [-0.2, 0) is 6.54 Å². The van der Waals surface area contributed by atoms with E-state index >= 15 is 0 Å². The van der Waals surface area contributed by atoms with Gasteiger partial charge in [-0.3, -0.25) is 4.98 Å². The summed E-state index contributed by atoms with van der Waals surface area (Å²) in [4.78, 5) is 6.59. The van der Waals surface area contributed by atoms with Crippen LogP contribution in [0, 0.1) is 0 Å². The van der Waals surface area contributed by atoms with Gasteiger partial charge in [-0.05, 0) is 36.7 Å². The van der Waals surface area contributed by atoms with Gasteiger partial charge in [0.1, 0.15) is 0 Å². The van der Waals surface area contributed by atoms with Crippen LogP contribution in [0.2, 0.25) is 0 Å². The van der Waals surface area contributed by atoms with Crippen LogP contribution in [0.1, 0.15) is 18.9 Å². The first-order valence-corrected chi connectivity index (χ1v) is 7.08. The minimum Gasteiger partial charge on any atom is -0.313 e. The second kappa shape index (κ2) is 7.19. The van der Waals surface area contributed by atoms with Gasteiger partial charge in [-0.2, -0.15) is 0 Å². The van der Waals surface area contributed by atoms with E-state index < -0.39 is 0 Å². The van der Waals surface area contributed by atoms with E-state index in [9.17, 15) is 0 Å². The van der Waals surface area contributed by atoms with Gasteiger partial charge in [0.25, 0.3) is 0 Å². The Morgan fingerprint density at radius 3 is 2.67 bits per heavy atom. The lowest BCUT2D eigenvalue weighted by atomic mass is 10.2. The molecule has 1 aromatic carbocycles. The zero-order valence-electron chi connectivity index (χ0n) is 10.6. The van der Waals surface area contributed by atoms with Crippen molar-refractivity contribution in [3.05, 3.63) is 54.4 Å². The Balaban J connectivity index is 2.07. The van der Waals surface area contributed by atoms with Gasteiger partial charge in [-0.15, -0.1) is 0 Å². The number of benzene rings is 1. The second-order valence-corrected chi connectivity index (χ2v) is 5.18. The molecule has 1 heterocycles. The Morgan fingerprint density at radius 1 is 1.11 bits per heavy atom. The van der Waals surface area contributed by atoms with Crippen molar-refractivity contribution in [1.82, 2.24) is 10.3 Å². The molecule has 2 nitrogen and oxygen atoms in total. The summed E-state index contributed by atoms with van der Waals surface area (Å²) >= 11 is 1.79. The Hall–Kier alpha value is -1.32. The third-order valence-electron chi connectivity index (χ3n) is 2.59. The lowest BCUT2D eigenvalue weighted by molar-refractivity contribution is 0.669. The van der Waals surface area contributed by atoms with Gasteiger partial charge in [0.15, 0.2) is 0 Å². The number of rotatable bonds is 6. The molecular weight excluding hydrogens is 240 g/mol. The zero-order chi connectivity index (χ0) is 12.6. The molecule has 18 heavy (non-hydrogen) atoms. The second-order valence-electron chi connectivity index (χ2n) is 4.07. The summed E-state index contributed by atoms with van der Waals surface area (Å²) in [5, 5.41) is 3.45. The van der Waals surface area contributed by atoms with Crippen molar-refractivity contribution in [2.75, 3.05) is 6.54 Å². The number of aromatic nitrogens is 1. The third-order valence-corrected chi connectivity index (χ3v) is 3.72. The van der Waals surface area contributed by atoms with Crippen molar-refractivity contribution in [3.63, 3.8) is 0 Å². The first-order chi connectivity index (χ1) is 8.90. The summed E-state index contributed by atoms with van der Waals surface area (Å²) in [5.41, 5.74) is 1.35. The van der Waals surface area contributed by atoms with Crippen LogP contribution in [0.15, 0.2) is 58.6 Å². The molecule has 2 aromatic rings. The third kappa shape index (κ3) is 3.86. The molecule has 0 amide bonds. The summed E-state index contributed by atoms with van der Waals surface area (Å²) in [7, 11) is 0. The van der Waals surface area contributed by atoms with Gasteiger partial charge in [0.05, 0.1) is 0 Å². The summed E-state index contributed by atoms with van der Waals surface area (Å²) in [6, 6.07) is 12.6.